The van der Waals surface area contributed by atoms with Gasteiger partial charge in [-0.1, -0.05) is 47.1 Å². The molecule has 2 aromatic carbocycles. The monoisotopic (exact) mass is 352 g/mol. The SMILES string of the molecule is CCC(C#N)S(=O)(=O)Nc1ccc(Br)c2ccccc12. The molecule has 0 heterocycles. The van der Waals surface area contributed by atoms with Crippen molar-refractivity contribution in [3.05, 3.63) is 40.9 Å². The molecule has 0 aliphatic heterocycles. The summed E-state index contributed by atoms with van der Waals surface area (Å²) < 4.78 is 27.7. The lowest BCUT2D eigenvalue weighted by atomic mass is 10.1. The number of fused-ring (bicyclic) bond motifs is 1. The molecule has 1 N–H and O–H groups in total. The number of hydrogen-bond donors (Lipinski definition) is 1. The van der Waals surface area contributed by atoms with Gasteiger partial charge in [-0.3, -0.25) is 4.72 Å². The van der Waals surface area contributed by atoms with Crippen LogP contribution in [0.15, 0.2) is 40.9 Å². The Morgan fingerprint density at radius 3 is 2.50 bits per heavy atom. The van der Waals surface area contributed by atoms with Crippen LogP contribution in [0.3, 0.4) is 0 Å². The lowest BCUT2D eigenvalue weighted by Crippen LogP contribution is -2.26. The Bertz CT molecular complexity index is 781. The molecule has 0 aliphatic rings. The highest BCUT2D eigenvalue weighted by atomic mass is 79.9. The fourth-order valence-electron chi connectivity index (χ4n) is 1.96. The Morgan fingerprint density at radius 2 is 1.90 bits per heavy atom. The molecule has 20 heavy (non-hydrogen) atoms. The summed E-state index contributed by atoms with van der Waals surface area (Å²) in [6.45, 7) is 1.67. The molecule has 0 radical (unpaired) electrons. The van der Waals surface area contributed by atoms with Crippen molar-refractivity contribution in [3.8, 4) is 6.07 Å². The average Bonchev–Trinajstić information content (AvgIpc) is 2.43. The van der Waals surface area contributed by atoms with E-state index in [1.54, 1.807) is 19.1 Å². The number of nitrogens with one attached hydrogen (secondary N) is 1. The molecule has 6 heteroatoms. The van der Waals surface area contributed by atoms with Gasteiger partial charge in [0.1, 0.15) is 0 Å². The number of sulfonamides is 1. The summed E-state index contributed by atoms with van der Waals surface area (Å²) in [6.07, 6.45) is 0.250. The second kappa shape index (κ2) is 5.81. The number of nitrogens with zero attached hydrogens (tertiary/aromatic N) is 1. The lowest BCUT2D eigenvalue weighted by Gasteiger charge is -2.13. The van der Waals surface area contributed by atoms with Gasteiger partial charge >= 0.3 is 0 Å². The molecule has 0 bridgehead atoms. The molecule has 0 saturated heterocycles. The van der Waals surface area contributed by atoms with Crippen LogP contribution < -0.4 is 4.72 Å². The van der Waals surface area contributed by atoms with Gasteiger partial charge in [-0.05, 0) is 23.9 Å². The first-order chi connectivity index (χ1) is 9.49. The van der Waals surface area contributed by atoms with Crippen molar-refractivity contribution in [1.82, 2.24) is 0 Å². The average molecular weight is 353 g/mol. The van der Waals surface area contributed by atoms with Crippen molar-refractivity contribution < 1.29 is 8.42 Å². The highest BCUT2D eigenvalue weighted by Gasteiger charge is 2.24. The van der Waals surface area contributed by atoms with Crippen LogP contribution in [-0.4, -0.2) is 13.7 Å². The molecule has 4 nitrogen and oxygen atoms in total. The van der Waals surface area contributed by atoms with Crippen LogP contribution in [0.5, 0.6) is 0 Å². The third kappa shape index (κ3) is 2.79. The Balaban J connectivity index is 2.51. The minimum atomic E-state index is -3.71. The fourth-order valence-corrected chi connectivity index (χ4v) is 3.64. The van der Waals surface area contributed by atoms with Gasteiger partial charge in [0.05, 0.1) is 11.8 Å². The first-order valence-corrected chi connectivity index (χ1v) is 8.42. The summed E-state index contributed by atoms with van der Waals surface area (Å²) in [5.41, 5.74) is 0.484. The van der Waals surface area contributed by atoms with Crippen molar-refractivity contribution in [1.29, 1.82) is 5.26 Å². The van der Waals surface area contributed by atoms with E-state index < -0.39 is 15.3 Å². The van der Waals surface area contributed by atoms with E-state index in [0.717, 1.165) is 15.2 Å². The van der Waals surface area contributed by atoms with Crippen molar-refractivity contribution in [2.24, 2.45) is 0 Å². The lowest BCUT2D eigenvalue weighted by molar-refractivity contribution is 0.593. The molecule has 0 amide bonds. The molecule has 0 aliphatic carbocycles. The number of nitriles is 1. The summed E-state index contributed by atoms with van der Waals surface area (Å²) in [5.74, 6) is 0. The minimum absolute atomic E-state index is 0.250. The number of rotatable bonds is 4. The third-order valence-electron chi connectivity index (χ3n) is 3.01. The first kappa shape index (κ1) is 14.8. The molecule has 2 rings (SSSR count). The maximum absolute atomic E-state index is 12.1. The second-order valence-electron chi connectivity index (χ2n) is 4.31. The molecule has 104 valence electrons. The smallest absolute Gasteiger partial charge is 0.249 e. The zero-order chi connectivity index (χ0) is 14.8. The van der Waals surface area contributed by atoms with E-state index in [4.69, 9.17) is 5.26 Å². The van der Waals surface area contributed by atoms with Crippen LogP contribution >= 0.6 is 15.9 Å². The molecule has 0 fully saturated rings. The van der Waals surface area contributed by atoms with Crippen molar-refractivity contribution >= 4 is 42.4 Å². The van der Waals surface area contributed by atoms with Gasteiger partial charge in [-0.15, -0.1) is 0 Å². The summed E-state index contributed by atoms with van der Waals surface area (Å²) in [5, 5.41) is 9.57. The van der Waals surface area contributed by atoms with Gasteiger partial charge in [0.2, 0.25) is 10.0 Å². The maximum atomic E-state index is 12.1. The van der Waals surface area contributed by atoms with Crippen LogP contribution in [0.1, 0.15) is 13.3 Å². The zero-order valence-corrected chi connectivity index (χ0v) is 13.2. The molecule has 2 aromatic rings. The standard InChI is InChI=1S/C14H13BrN2O2S/c1-2-10(9-16)20(18,19)17-14-8-7-13(15)11-5-3-4-6-12(11)14/h3-8,10,17H,2H2,1H3. The molecule has 0 aromatic heterocycles. The van der Waals surface area contributed by atoms with E-state index in [1.165, 1.54) is 0 Å². The molecule has 0 spiro atoms. The number of benzene rings is 2. The minimum Gasteiger partial charge on any atom is -0.282 e. The summed E-state index contributed by atoms with van der Waals surface area (Å²) in [7, 11) is -3.71. The maximum Gasteiger partial charge on any atom is 0.249 e. The van der Waals surface area contributed by atoms with Crippen molar-refractivity contribution in [2.75, 3.05) is 4.72 Å². The predicted octanol–water partition coefficient (Wildman–Crippen LogP) is 3.65. The summed E-state index contributed by atoms with van der Waals surface area (Å²) in [4.78, 5) is 0. The van der Waals surface area contributed by atoms with Crippen LogP contribution in [0.4, 0.5) is 5.69 Å². The summed E-state index contributed by atoms with van der Waals surface area (Å²) >= 11 is 3.44. The Hall–Kier alpha value is -1.58. The van der Waals surface area contributed by atoms with Crippen molar-refractivity contribution in [2.45, 2.75) is 18.6 Å². The van der Waals surface area contributed by atoms with Crippen LogP contribution in [0.25, 0.3) is 10.8 Å². The van der Waals surface area contributed by atoms with Gasteiger partial charge < -0.3 is 0 Å². The highest BCUT2D eigenvalue weighted by Crippen LogP contribution is 2.30. The largest absolute Gasteiger partial charge is 0.282 e. The van der Waals surface area contributed by atoms with E-state index in [2.05, 4.69) is 20.7 Å². The third-order valence-corrected chi connectivity index (χ3v) is 5.40. The molecule has 0 saturated carbocycles. The molecular formula is C14H13BrN2O2S. The van der Waals surface area contributed by atoms with E-state index in [0.29, 0.717) is 5.69 Å². The number of hydrogen-bond acceptors (Lipinski definition) is 3. The zero-order valence-electron chi connectivity index (χ0n) is 10.8. The van der Waals surface area contributed by atoms with Gasteiger partial charge in [0.15, 0.2) is 5.25 Å². The Morgan fingerprint density at radius 1 is 1.25 bits per heavy atom. The van der Waals surface area contributed by atoms with E-state index >= 15 is 0 Å². The van der Waals surface area contributed by atoms with Gasteiger partial charge in [0.25, 0.3) is 0 Å². The second-order valence-corrected chi connectivity index (χ2v) is 7.03. The van der Waals surface area contributed by atoms with E-state index in [-0.39, 0.29) is 6.42 Å². The fraction of sp³-hybridized carbons (Fsp3) is 0.214. The number of anilines is 1. The van der Waals surface area contributed by atoms with Gasteiger partial charge in [0, 0.05) is 9.86 Å². The quantitative estimate of drug-likeness (QED) is 0.912. The molecular weight excluding hydrogens is 340 g/mol. The molecule has 1 atom stereocenters. The van der Waals surface area contributed by atoms with Gasteiger partial charge in [-0.25, -0.2) is 8.42 Å². The van der Waals surface area contributed by atoms with E-state index in [1.807, 2.05) is 30.3 Å². The van der Waals surface area contributed by atoms with Crippen LogP contribution in [0, 0.1) is 11.3 Å². The predicted molar refractivity (Wildman–Crippen MR) is 83.9 cm³/mol. The first-order valence-electron chi connectivity index (χ1n) is 6.08. The van der Waals surface area contributed by atoms with Crippen molar-refractivity contribution in [3.63, 3.8) is 0 Å². The topological polar surface area (TPSA) is 70.0 Å². The van der Waals surface area contributed by atoms with E-state index in [9.17, 15) is 8.42 Å². The Kier molecular flexibility index (Phi) is 4.31. The normalized spacial score (nSPS) is 12.8. The number of halogens is 1. The van der Waals surface area contributed by atoms with Gasteiger partial charge in [-0.2, -0.15) is 5.26 Å². The summed E-state index contributed by atoms with van der Waals surface area (Å²) in [6, 6.07) is 12.8. The molecule has 1 unspecified atom stereocenters. The van der Waals surface area contributed by atoms with Crippen LogP contribution in [0.2, 0.25) is 0 Å². The van der Waals surface area contributed by atoms with Crippen LogP contribution in [-0.2, 0) is 10.0 Å². The highest BCUT2D eigenvalue weighted by molar-refractivity contribution is 9.10. The Labute approximate surface area is 126 Å².